The summed E-state index contributed by atoms with van der Waals surface area (Å²) >= 11 is 0. The SMILES string of the molecule is CC(C)(C)[C@@H]1OCCC[C@@H]1CNC(=O)N1CCC[C@H]1C1CCCC1. The topological polar surface area (TPSA) is 41.6 Å². The Morgan fingerprint density at radius 3 is 2.54 bits per heavy atom. The van der Waals surface area contributed by atoms with Crippen LogP contribution >= 0.6 is 0 Å². The van der Waals surface area contributed by atoms with Crippen molar-refractivity contribution in [2.75, 3.05) is 19.7 Å². The van der Waals surface area contributed by atoms with Gasteiger partial charge in [0.25, 0.3) is 0 Å². The van der Waals surface area contributed by atoms with Crippen LogP contribution in [0, 0.1) is 17.3 Å². The number of hydrogen-bond donors (Lipinski definition) is 1. The molecule has 0 radical (unpaired) electrons. The Bertz CT molecular complexity index is 426. The van der Waals surface area contributed by atoms with Gasteiger partial charge in [-0.25, -0.2) is 4.79 Å². The molecule has 3 rings (SSSR count). The second-order valence-electron chi connectivity index (χ2n) is 9.19. The van der Waals surface area contributed by atoms with Crippen molar-refractivity contribution in [1.82, 2.24) is 10.2 Å². The molecule has 0 aromatic carbocycles. The highest BCUT2D eigenvalue weighted by atomic mass is 16.5. The van der Waals surface area contributed by atoms with Crippen molar-refractivity contribution in [1.29, 1.82) is 0 Å². The first kappa shape index (κ1) is 18.0. The summed E-state index contributed by atoms with van der Waals surface area (Å²) < 4.78 is 6.05. The van der Waals surface area contributed by atoms with Gasteiger partial charge in [0.05, 0.1) is 6.10 Å². The maximum atomic E-state index is 12.8. The summed E-state index contributed by atoms with van der Waals surface area (Å²) in [5.74, 6) is 1.19. The molecule has 24 heavy (non-hydrogen) atoms. The number of urea groups is 1. The van der Waals surface area contributed by atoms with Crippen molar-refractivity contribution in [3.63, 3.8) is 0 Å². The Kier molecular flexibility index (Phi) is 5.74. The summed E-state index contributed by atoms with van der Waals surface area (Å²) in [7, 11) is 0. The van der Waals surface area contributed by atoms with Crippen LogP contribution in [0.15, 0.2) is 0 Å². The highest BCUT2D eigenvalue weighted by Gasteiger charge is 2.38. The highest BCUT2D eigenvalue weighted by molar-refractivity contribution is 5.74. The third-order valence-corrected chi connectivity index (χ3v) is 6.32. The van der Waals surface area contributed by atoms with Crippen LogP contribution in [0.1, 0.15) is 72.1 Å². The van der Waals surface area contributed by atoms with Gasteiger partial charge >= 0.3 is 6.03 Å². The second kappa shape index (κ2) is 7.63. The van der Waals surface area contributed by atoms with Crippen molar-refractivity contribution in [3.8, 4) is 0 Å². The van der Waals surface area contributed by atoms with Crippen LogP contribution in [0.3, 0.4) is 0 Å². The molecule has 2 saturated heterocycles. The Balaban J connectivity index is 1.54. The highest BCUT2D eigenvalue weighted by Crippen LogP contribution is 2.36. The first-order chi connectivity index (χ1) is 11.5. The molecule has 1 N–H and O–H groups in total. The number of nitrogens with one attached hydrogen (secondary N) is 1. The van der Waals surface area contributed by atoms with Crippen LogP contribution < -0.4 is 5.32 Å². The number of hydrogen-bond acceptors (Lipinski definition) is 2. The van der Waals surface area contributed by atoms with Crippen molar-refractivity contribution >= 4 is 6.03 Å². The average Bonchev–Trinajstić information content (AvgIpc) is 3.22. The molecule has 0 spiro atoms. The number of rotatable bonds is 3. The van der Waals surface area contributed by atoms with Gasteiger partial charge < -0.3 is 15.0 Å². The summed E-state index contributed by atoms with van der Waals surface area (Å²) in [4.78, 5) is 14.9. The van der Waals surface area contributed by atoms with E-state index in [0.29, 0.717) is 12.0 Å². The summed E-state index contributed by atoms with van der Waals surface area (Å²) in [5.41, 5.74) is 0.135. The zero-order chi connectivity index (χ0) is 17.2. The Morgan fingerprint density at radius 2 is 1.83 bits per heavy atom. The molecule has 138 valence electrons. The Hall–Kier alpha value is -0.770. The molecule has 3 fully saturated rings. The number of carbonyl (C=O) groups excluding carboxylic acids is 1. The molecule has 4 heteroatoms. The van der Waals surface area contributed by atoms with E-state index in [-0.39, 0.29) is 17.6 Å². The van der Waals surface area contributed by atoms with Gasteiger partial charge in [-0.15, -0.1) is 0 Å². The normalized spacial score (nSPS) is 32.3. The fourth-order valence-corrected chi connectivity index (χ4v) is 5.21. The van der Waals surface area contributed by atoms with E-state index < -0.39 is 0 Å². The Labute approximate surface area is 147 Å². The van der Waals surface area contributed by atoms with Crippen LogP contribution in [-0.4, -0.2) is 42.8 Å². The average molecular weight is 337 g/mol. The molecular weight excluding hydrogens is 300 g/mol. The zero-order valence-electron chi connectivity index (χ0n) is 15.9. The van der Waals surface area contributed by atoms with Gasteiger partial charge in [-0.05, 0) is 49.9 Å². The lowest BCUT2D eigenvalue weighted by molar-refractivity contribution is -0.0839. The molecule has 1 aliphatic carbocycles. The molecule has 2 aliphatic heterocycles. The van der Waals surface area contributed by atoms with Gasteiger partial charge in [-0.3, -0.25) is 0 Å². The molecule has 0 bridgehead atoms. The van der Waals surface area contributed by atoms with E-state index in [2.05, 4.69) is 31.0 Å². The molecule has 3 atom stereocenters. The number of carbonyl (C=O) groups is 1. The van der Waals surface area contributed by atoms with Crippen LogP contribution in [0.25, 0.3) is 0 Å². The number of likely N-dealkylation sites (tertiary alicyclic amines) is 1. The minimum Gasteiger partial charge on any atom is -0.377 e. The smallest absolute Gasteiger partial charge is 0.317 e. The third-order valence-electron chi connectivity index (χ3n) is 6.32. The van der Waals surface area contributed by atoms with Crippen LogP contribution in [0.4, 0.5) is 4.79 Å². The third kappa shape index (κ3) is 4.07. The molecule has 4 nitrogen and oxygen atoms in total. The van der Waals surface area contributed by atoms with Crippen molar-refractivity contribution in [2.45, 2.75) is 84.3 Å². The van der Waals surface area contributed by atoms with E-state index >= 15 is 0 Å². The molecule has 0 unspecified atom stereocenters. The number of nitrogens with zero attached hydrogens (tertiary/aromatic N) is 1. The van der Waals surface area contributed by atoms with Gasteiger partial charge in [0.15, 0.2) is 0 Å². The molecule has 2 heterocycles. The lowest BCUT2D eigenvalue weighted by Crippen LogP contribution is -2.49. The van der Waals surface area contributed by atoms with E-state index in [0.717, 1.165) is 38.5 Å². The second-order valence-corrected chi connectivity index (χ2v) is 9.19. The van der Waals surface area contributed by atoms with E-state index in [4.69, 9.17) is 4.74 Å². The molecule has 1 saturated carbocycles. The van der Waals surface area contributed by atoms with E-state index in [1.165, 1.54) is 38.5 Å². The fraction of sp³-hybridized carbons (Fsp3) is 0.950. The monoisotopic (exact) mass is 336 g/mol. The molecule has 2 amide bonds. The fourth-order valence-electron chi connectivity index (χ4n) is 5.21. The predicted molar refractivity (Wildman–Crippen MR) is 97.0 cm³/mol. The summed E-state index contributed by atoms with van der Waals surface area (Å²) in [6.45, 7) is 9.30. The molecular formula is C20H36N2O2. The van der Waals surface area contributed by atoms with Gasteiger partial charge in [0.2, 0.25) is 0 Å². The first-order valence-electron chi connectivity index (χ1n) is 10.1. The van der Waals surface area contributed by atoms with E-state index in [1.54, 1.807) is 0 Å². The maximum absolute atomic E-state index is 12.8. The Morgan fingerprint density at radius 1 is 1.08 bits per heavy atom. The van der Waals surface area contributed by atoms with Crippen LogP contribution in [0.5, 0.6) is 0 Å². The van der Waals surface area contributed by atoms with Crippen molar-refractivity contribution in [2.24, 2.45) is 17.3 Å². The standard InChI is InChI=1S/C20H36N2O2/c1-20(2,3)18-16(10-7-13-24-18)14-21-19(23)22-12-6-11-17(22)15-8-4-5-9-15/h15-18H,4-14H2,1-3H3,(H,21,23)/t16-,17+,18-/m1/s1. The summed E-state index contributed by atoms with van der Waals surface area (Å²) in [6.07, 6.45) is 10.2. The zero-order valence-corrected chi connectivity index (χ0v) is 15.9. The van der Waals surface area contributed by atoms with Crippen LogP contribution in [-0.2, 0) is 4.74 Å². The summed E-state index contributed by atoms with van der Waals surface area (Å²) in [6, 6.07) is 0.663. The van der Waals surface area contributed by atoms with Crippen molar-refractivity contribution in [3.05, 3.63) is 0 Å². The lowest BCUT2D eigenvalue weighted by atomic mass is 9.78. The van der Waals surface area contributed by atoms with Gasteiger partial charge in [-0.2, -0.15) is 0 Å². The van der Waals surface area contributed by atoms with Crippen molar-refractivity contribution < 1.29 is 9.53 Å². The predicted octanol–water partition coefficient (Wildman–Crippen LogP) is 4.19. The number of amides is 2. The number of ether oxygens (including phenoxy) is 1. The van der Waals surface area contributed by atoms with Gasteiger partial charge in [-0.1, -0.05) is 33.6 Å². The lowest BCUT2D eigenvalue weighted by Gasteiger charge is -2.40. The van der Waals surface area contributed by atoms with Crippen LogP contribution in [0.2, 0.25) is 0 Å². The maximum Gasteiger partial charge on any atom is 0.317 e. The van der Waals surface area contributed by atoms with E-state index in [9.17, 15) is 4.79 Å². The molecule has 0 aromatic heterocycles. The summed E-state index contributed by atoms with van der Waals surface area (Å²) in [5, 5.41) is 3.26. The molecule has 0 aromatic rings. The van der Waals surface area contributed by atoms with Gasteiger partial charge in [0.1, 0.15) is 0 Å². The van der Waals surface area contributed by atoms with E-state index in [1.807, 2.05) is 0 Å². The molecule has 3 aliphatic rings. The minimum atomic E-state index is 0.135. The first-order valence-corrected chi connectivity index (χ1v) is 10.1. The van der Waals surface area contributed by atoms with Gasteiger partial charge in [0, 0.05) is 31.7 Å². The minimum absolute atomic E-state index is 0.135. The largest absolute Gasteiger partial charge is 0.377 e. The quantitative estimate of drug-likeness (QED) is 0.839.